The zero-order valence-corrected chi connectivity index (χ0v) is 9.61. The number of hydrogen-bond acceptors (Lipinski definition) is 1. The van der Waals surface area contributed by atoms with Crippen LogP contribution in [0.5, 0.6) is 0 Å². The van der Waals surface area contributed by atoms with Gasteiger partial charge in [-0.2, -0.15) is 0 Å². The van der Waals surface area contributed by atoms with Gasteiger partial charge in [0.15, 0.2) is 0 Å². The van der Waals surface area contributed by atoms with Gasteiger partial charge in [0.25, 0.3) is 0 Å². The van der Waals surface area contributed by atoms with E-state index in [0.29, 0.717) is 12.3 Å². The third kappa shape index (κ3) is 6.62. The van der Waals surface area contributed by atoms with E-state index in [9.17, 15) is 4.79 Å². The molecule has 0 bridgehead atoms. The molecule has 0 aliphatic rings. The van der Waals surface area contributed by atoms with Crippen LogP contribution in [-0.2, 0) is 4.79 Å². The lowest BCUT2D eigenvalue weighted by atomic mass is 10.0. The summed E-state index contributed by atoms with van der Waals surface area (Å²) in [6, 6.07) is 0. The first-order valence-corrected chi connectivity index (χ1v) is 5.18. The molecule has 0 saturated carbocycles. The first kappa shape index (κ1) is 12.5. The van der Waals surface area contributed by atoms with Crippen LogP contribution in [-0.4, -0.2) is 11.4 Å². The number of amides is 1. The van der Waals surface area contributed by atoms with Crippen molar-refractivity contribution in [3.8, 4) is 0 Å². The van der Waals surface area contributed by atoms with Crippen molar-refractivity contribution in [3.63, 3.8) is 0 Å². The van der Waals surface area contributed by atoms with Crippen LogP contribution < -0.4 is 5.32 Å². The Hall–Kier alpha value is -0.530. The van der Waals surface area contributed by atoms with Gasteiger partial charge in [0, 0.05) is 12.0 Å². The topological polar surface area (TPSA) is 29.1 Å². The molecule has 0 fully saturated rings. The van der Waals surface area contributed by atoms with Crippen LogP contribution in [0.4, 0.5) is 0 Å². The fraction of sp³-hybridized carbons (Fsp3) is 0.909. The van der Waals surface area contributed by atoms with E-state index in [1.54, 1.807) is 0 Å². The number of rotatable bonds is 5. The quantitative estimate of drug-likeness (QED) is 0.701. The lowest BCUT2D eigenvalue weighted by molar-refractivity contribution is -0.123. The van der Waals surface area contributed by atoms with E-state index < -0.39 is 0 Å². The highest BCUT2D eigenvalue weighted by atomic mass is 16.1. The van der Waals surface area contributed by atoms with Crippen LogP contribution in [0.15, 0.2) is 0 Å². The molecule has 0 rings (SSSR count). The van der Waals surface area contributed by atoms with Gasteiger partial charge in [-0.15, -0.1) is 0 Å². The molecule has 2 nitrogen and oxygen atoms in total. The standard InChI is InChI=1S/C11H23NO/c1-6-11(4,5)12-10(13)8-7-9(2)3/h9H,6-8H2,1-5H3,(H,12,13). The summed E-state index contributed by atoms with van der Waals surface area (Å²) in [7, 11) is 0. The number of nitrogens with one attached hydrogen (secondary N) is 1. The molecule has 0 atom stereocenters. The van der Waals surface area contributed by atoms with Crippen LogP contribution in [0.1, 0.15) is 53.9 Å². The molecular formula is C11H23NO. The van der Waals surface area contributed by atoms with Gasteiger partial charge in [-0.25, -0.2) is 0 Å². The molecule has 0 spiro atoms. The van der Waals surface area contributed by atoms with Gasteiger partial charge in [-0.05, 0) is 32.6 Å². The summed E-state index contributed by atoms with van der Waals surface area (Å²) in [6.45, 7) is 10.5. The second kappa shape index (κ2) is 5.25. The molecule has 0 aromatic carbocycles. The summed E-state index contributed by atoms with van der Waals surface area (Å²) in [5, 5.41) is 3.02. The fourth-order valence-corrected chi connectivity index (χ4v) is 0.948. The van der Waals surface area contributed by atoms with Crippen LogP contribution in [0.2, 0.25) is 0 Å². The van der Waals surface area contributed by atoms with Crippen molar-refractivity contribution in [1.82, 2.24) is 5.32 Å². The zero-order valence-electron chi connectivity index (χ0n) is 9.61. The Morgan fingerprint density at radius 3 is 2.31 bits per heavy atom. The van der Waals surface area contributed by atoms with Gasteiger partial charge in [0.05, 0.1) is 0 Å². The lowest BCUT2D eigenvalue weighted by Gasteiger charge is -2.24. The molecule has 1 amide bonds. The van der Waals surface area contributed by atoms with Gasteiger partial charge in [0.1, 0.15) is 0 Å². The van der Waals surface area contributed by atoms with Crippen molar-refractivity contribution in [2.24, 2.45) is 5.92 Å². The Morgan fingerprint density at radius 2 is 1.92 bits per heavy atom. The van der Waals surface area contributed by atoms with E-state index in [4.69, 9.17) is 0 Å². The van der Waals surface area contributed by atoms with Crippen LogP contribution in [0, 0.1) is 5.92 Å². The minimum absolute atomic E-state index is 0.0476. The maximum atomic E-state index is 11.4. The predicted octanol–water partition coefficient (Wildman–Crippen LogP) is 2.73. The summed E-state index contributed by atoms with van der Waals surface area (Å²) >= 11 is 0. The highest BCUT2D eigenvalue weighted by Gasteiger charge is 2.17. The Bertz CT molecular complexity index is 161. The van der Waals surface area contributed by atoms with Crippen molar-refractivity contribution < 1.29 is 4.79 Å². The van der Waals surface area contributed by atoms with Crippen LogP contribution >= 0.6 is 0 Å². The average Bonchev–Trinajstić information content (AvgIpc) is 2.00. The molecule has 0 heterocycles. The summed E-state index contributed by atoms with van der Waals surface area (Å²) in [5.41, 5.74) is -0.0476. The minimum atomic E-state index is -0.0476. The Morgan fingerprint density at radius 1 is 1.38 bits per heavy atom. The molecule has 1 N–H and O–H groups in total. The number of hydrogen-bond donors (Lipinski definition) is 1. The van der Waals surface area contributed by atoms with Crippen LogP contribution in [0.25, 0.3) is 0 Å². The third-order valence-electron chi connectivity index (χ3n) is 2.31. The summed E-state index contributed by atoms with van der Waals surface area (Å²) < 4.78 is 0. The SMILES string of the molecule is CCC(C)(C)NC(=O)CCC(C)C. The number of carbonyl (C=O) groups is 1. The summed E-state index contributed by atoms with van der Waals surface area (Å²) in [6.07, 6.45) is 2.60. The molecule has 0 radical (unpaired) electrons. The van der Waals surface area contributed by atoms with E-state index in [1.807, 2.05) is 0 Å². The fourth-order valence-electron chi connectivity index (χ4n) is 0.948. The Balaban J connectivity index is 3.74. The van der Waals surface area contributed by atoms with Gasteiger partial charge >= 0.3 is 0 Å². The van der Waals surface area contributed by atoms with Crippen LogP contribution in [0.3, 0.4) is 0 Å². The Kier molecular flexibility index (Phi) is 5.04. The molecule has 0 saturated heterocycles. The molecule has 0 unspecified atom stereocenters. The monoisotopic (exact) mass is 185 g/mol. The molecular weight excluding hydrogens is 162 g/mol. The maximum absolute atomic E-state index is 11.4. The lowest BCUT2D eigenvalue weighted by Crippen LogP contribution is -2.42. The third-order valence-corrected chi connectivity index (χ3v) is 2.31. The Labute approximate surface area is 82.1 Å². The van der Waals surface area contributed by atoms with Crippen molar-refractivity contribution in [1.29, 1.82) is 0 Å². The van der Waals surface area contributed by atoms with Crippen molar-refractivity contribution in [3.05, 3.63) is 0 Å². The second-order valence-corrected chi connectivity index (χ2v) is 4.72. The van der Waals surface area contributed by atoms with Gasteiger partial charge in [0.2, 0.25) is 5.91 Å². The molecule has 78 valence electrons. The molecule has 2 heteroatoms. The van der Waals surface area contributed by atoms with E-state index in [-0.39, 0.29) is 11.4 Å². The van der Waals surface area contributed by atoms with E-state index in [2.05, 4.69) is 39.9 Å². The van der Waals surface area contributed by atoms with Gasteiger partial charge < -0.3 is 5.32 Å². The van der Waals surface area contributed by atoms with Crippen molar-refractivity contribution >= 4 is 5.91 Å². The summed E-state index contributed by atoms with van der Waals surface area (Å²) in [4.78, 5) is 11.4. The normalized spacial score (nSPS) is 11.8. The zero-order chi connectivity index (χ0) is 10.5. The predicted molar refractivity (Wildman–Crippen MR) is 56.6 cm³/mol. The van der Waals surface area contributed by atoms with Gasteiger partial charge in [-0.1, -0.05) is 20.8 Å². The minimum Gasteiger partial charge on any atom is -0.351 e. The molecule has 0 aromatic heterocycles. The molecule has 0 aliphatic heterocycles. The van der Waals surface area contributed by atoms with E-state index >= 15 is 0 Å². The van der Waals surface area contributed by atoms with Crippen molar-refractivity contribution in [2.75, 3.05) is 0 Å². The number of carbonyl (C=O) groups excluding carboxylic acids is 1. The maximum Gasteiger partial charge on any atom is 0.220 e. The second-order valence-electron chi connectivity index (χ2n) is 4.72. The molecule has 0 aromatic rings. The van der Waals surface area contributed by atoms with Crippen molar-refractivity contribution in [2.45, 2.75) is 59.4 Å². The van der Waals surface area contributed by atoms with E-state index in [1.165, 1.54) is 0 Å². The highest BCUT2D eigenvalue weighted by molar-refractivity contribution is 5.76. The first-order valence-electron chi connectivity index (χ1n) is 5.18. The summed E-state index contributed by atoms with van der Waals surface area (Å²) in [5.74, 6) is 0.788. The highest BCUT2D eigenvalue weighted by Crippen LogP contribution is 2.09. The first-order chi connectivity index (χ1) is 5.87. The smallest absolute Gasteiger partial charge is 0.220 e. The molecule has 0 aliphatic carbocycles. The largest absolute Gasteiger partial charge is 0.351 e. The van der Waals surface area contributed by atoms with E-state index in [0.717, 1.165) is 12.8 Å². The van der Waals surface area contributed by atoms with Gasteiger partial charge in [-0.3, -0.25) is 4.79 Å². The average molecular weight is 185 g/mol. The molecule has 13 heavy (non-hydrogen) atoms.